The van der Waals surface area contributed by atoms with E-state index in [1.54, 1.807) is 6.20 Å². The molecule has 2 atom stereocenters. The van der Waals surface area contributed by atoms with E-state index in [4.69, 9.17) is 9.47 Å². The van der Waals surface area contributed by atoms with Crippen LogP contribution in [-0.4, -0.2) is 67.5 Å². The first-order valence-electron chi connectivity index (χ1n) is 10.3. The van der Waals surface area contributed by atoms with Crippen molar-refractivity contribution in [2.45, 2.75) is 50.7 Å². The van der Waals surface area contributed by atoms with Crippen LogP contribution in [-0.2, 0) is 9.47 Å². The maximum Gasteiger partial charge on any atom is 0.322 e. The van der Waals surface area contributed by atoms with Crippen LogP contribution < -0.4 is 10.2 Å². The molecule has 27 heavy (non-hydrogen) atoms. The fourth-order valence-corrected chi connectivity index (χ4v) is 4.10. The summed E-state index contributed by atoms with van der Waals surface area (Å²) >= 11 is 0. The fourth-order valence-electron chi connectivity index (χ4n) is 4.10. The minimum Gasteiger partial charge on any atom is -0.376 e. The molecule has 3 fully saturated rings. The number of rotatable bonds is 6. The molecule has 0 bridgehead atoms. The Kier molecular flexibility index (Phi) is 6.09. The van der Waals surface area contributed by atoms with Gasteiger partial charge in [0.15, 0.2) is 0 Å². The lowest BCUT2D eigenvalue weighted by atomic mass is 10.2. The maximum atomic E-state index is 12.9. The van der Waals surface area contributed by atoms with Crippen molar-refractivity contribution in [1.82, 2.24) is 9.88 Å². The molecule has 0 saturated carbocycles. The van der Waals surface area contributed by atoms with Gasteiger partial charge < -0.3 is 24.6 Å². The summed E-state index contributed by atoms with van der Waals surface area (Å²) in [4.78, 5) is 21.5. The molecule has 0 aromatic carbocycles. The van der Waals surface area contributed by atoms with Crippen molar-refractivity contribution in [3.63, 3.8) is 0 Å². The van der Waals surface area contributed by atoms with E-state index in [1.807, 2.05) is 17.0 Å². The number of anilines is 2. The number of hydrogen-bond acceptors (Lipinski definition) is 5. The molecule has 4 rings (SSSR count). The second kappa shape index (κ2) is 8.89. The van der Waals surface area contributed by atoms with Gasteiger partial charge in [-0.2, -0.15) is 0 Å². The lowest BCUT2D eigenvalue weighted by Gasteiger charge is -2.28. The van der Waals surface area contributed by atoms with E-state index in [9.17, 15) is 4.79 Å². The molecule has 0 spiro atoms. The van der Waals surface area contributed by atoms with E-state index in [0.717, 1.165) is 63.5 Å². The van der Waals surface area contributed by atoms with Crippen LogP contribution in [0.5, 0.6) is 0 Å². The highest BCUT2D eigenvalue weighted by atomic mass is 16.5. The number of nitrogens with one attached hydrogen (secondary N) is 1. The molecule has 7 nitrogen and oxygen atoms in total. The van der Waals surface area contributed by atoms with Crippen LogP contribution in [0, 0.1) is 0 Å². The predicted molar refractivity (Wildman–Crippen MR) is 104 cm³/mol. The third kappa shape index (κ3) is 4.90. The van der Waals surface area contributed by atoms with Crippen LogP contribution in [0.25, 0.3) is 0 Å². The van der Waals surface area contributed by atoms with Crippen molar-refractivity contribution in [2.24, 2.45) is 0 Å². The third-order valence-corrected chi connectivity index (χ3v) is 5.61. The Bertz CT molecular complexity index is 588. The monoisotopic (exact) mass is 374 g/mol. The first kappa shape index (κ1) is 18.5. The van der Waals surface area contributed by atoms with E-state index in [1.165, 1.54) is 12.8 Å². The molecule has 4 heterocycles. The Morgan fingerprint density at radius 3 is 2.26 bits per heavy atom. The number of carbonyl (C=O) groups is 1. The largest absolute Gasteiger partial charge is 0.376 e. The topological polar surface area (TPSA) is 66.9 Å². The number of ether oxygens (including phenoxy) is 2. The first-order valence-corrected chi connectivity index (χ1v) is 10.3. The SMILES string of the molecule is O=C(Nc1ccc(N2CCCC2)nc1)N(C[C@H]1CCCO1)C[C@@H]1CCCO1. The number of carbonyl (C=O) groups excluding carboxylic acids is 1. The molecule has 3 aliphatic rings. The summed E-state index contributed by atoms with van der Waals surface area (Å²) in [5.74, 6) is 0.987. The van der Waals surface area contributed by atoms with Gasteiger partial charge in [0.2, 0.25) is 0 Å². The third-order valence-electron chi connectivity index (χ3n) is 5.61. The van der Waals surface area contributed by atoms with E-state index >= 15 is 0 Å². The van der Waals surface area contributed by atoms with Crippen molar-refractivity contribution >= 4 is 17.5 Å². The number of urea groups is 1. The highest BCUT2D eigenvalue weighted by Crippen LogP contribution is 2.21. The molecule has 0 unspecified atom stereocenters. The second-order valence-corrected chi connectivity index (χ2v) is 7.70. The predicted octanol–water partition coefficient (Wildman–Crippen LogP) is 2.87. The van der Waals surface area contributed by atoms with E-state index in [-0.39, 0.29) is 18.2 Å². The van der Waals surface area contributed by atoms with Crippen LogP contribution in [0.3, 0.4) is 0 Å². The van der Waals surface area contributed by atoms with Crippen molar-refractivity contribution < 1.29 is 14.3 Å². The van der Waals surface area contributed by atoms with Gasteiger partial charge in [0.1, 0.15) is 5.82 Å². The Balaban J connectivity index is 1.37. The van der Waals surface area contributed by atoms with Gasteiger partial charge in [-0.15, -0.1) is 0 Å². The molecule has 3 saturated heterocycles. The van der Waals surface area contributed by atoms with Crippen molar-refractivity contribution in [1.29, 1.82) is 0 Å². The summed E-state index contributed by atoms with van der Waals surface area (Å²) in [6.07, 6.45) is 8.64. The van der Waals surface area contributed by atoms with Gasteiger partial charge in [-0.25, -0.2) is 9.78 Å². The summed E-state index contributed by atoms with van der Waals surface area (Å²) in [5.41, 5.74) is 0.729. The van der Waals surface area contributed by atoms with Gasteiger partial charge in [0.25, 0.3) is 0 Å². The summed E-state index contributed by atoms with van der Waals surface area (Å²) in [5, 5.41) is 3.00. The smallest absolute Gasteiger partial charge is 0.322 e. The Hall–Kier alpha value is -1.86. The van der Waals surface area contributed by atoms with Crippen molar-refractivity contribution in [3.8, 4) is 0 Å². The van der Waals surface area contributed by atoms with Gasteiger partial charge in [-0.1, -0.05) is 0 Å². The van der Waals surface area contributed by atoms with Crippen LogP contribution in [0.1, 0.15) is 38.5 Å². The normalized spacial score (nSPS) is 25.1. The van der Waals surface area contributed by atoms with Gasteiger partial charge >= 0.3 is 6.03 Å². The van der Waals surface area contributed by atoms with Gasteiger partial charge in [0, 0.05) is 39.4 Å². The number of pyridine rings is 1. The molecule has 1 aromatic rings. The lowest BCUT2D eigenvalue weighted by molar-refractivity contribution is 0.0524. The van der Waals surface area contributed by atoms with Crippen LogP contribution >= 0.6 is 0 Å². The number of hydrogen-bond donors (Lipinski definition) is 1. The average Bonchev–Trinajstić information content (AvgIpc) is 3.45. The number of aromatic nitrogens is 1. The van der Waals surface area contributed by atoms with Crippen molar-refractivity contribution in [2.75, 3.05) is 49.6 Å². The Labute approximate surface area is 161 Å². The van der Waals surface area contributed by atoms with Crippen molar-refractivity contribution in [3.05, 3.63) is 18.3 Å². The molecule has 2 amide bonds. The number of nitrogens with zero attached hydrogens (tertiary/aromatic N) is 3. The van der Waals surface area contributed by atoms with E-state index in [2.05, 4.69) is 15.2 Å². The van der Waals surface area contributed by atoms with Gasteiger partial charge in [-0.3, -0.25) is 0 Å². The summed E-state index contributed by atoms with van der Waals surface area (Å²) in [7, 11) is 0. The Morgan fingerprint density at radius 1 is 1.07 bits per heavy atom. The highest BCUT2D eigenvalue weighted by molar-refractivity contribution is 5.89. The van der Waals surface area contributed by atoms with Gasteiger partial charge in [0.05, 0.1) is 24.1 Å². The quantitative estimate of drug-likeness (QED) is 0.829. The van der Waals surface area contributed by atoms with E-state index < -0.39 is 0 Å². The molecule has 3 aliphatic heterocycles. The molecular formula is C20H30N4O3. The molecule has 1 aromatic heterocycles. The molecular weight excluding hydrogens is 344 g/mol. The maximum absolute atomic E-state index is 12.9. The zero-order chi connectivity index (χ0) is 18.5. The second-order valence-electron chi connectivity index (χ2n) is 7.70. The van der Waals surface area contributed by atoms with Crippen LogP contribution in [0.15, 0.2) is 18.3 Å². The van der Waals surface area contributed by atoms with E-state index in [0.29, 0.717) is 13.1 Å². The molecule has 7 heteroatoms. The summed E-state index contributed by atoms with van der Waals surface area (Å²) in [6, 6.07) is 3.83. The van der Waals surface area contributed by atoms with Crippen LogP contribution in [0.4, 0.5) is 16.3 Å². The molecule has 148 valence electrons. The summed E-state index contributed by atoms with van der Waals surface area (Å²) < 4.78 is 11.5. The number of amides is 2. The minimum absolute atomic E-state index is 0.100. The molecule has 0 radical (unpaired) electrons. The standard InChI is InChI=1S/C20H30N4O3/c25-20(22-16-7-8-19(21-13-16)23-9-1-2-10-23)24(14-17-5-3-11-26-17)15-18-6-4-12-27-18/h7-8,13,17-18H,1-6,9-12,14-15H2,(H,22,25)/t17-,18+. The highest BCUT2D eigenvalue weighted by Gasteiger charge is 2.27. The average molecular weight is 374 g/mol. The zero-order valence-electron chi connectivity index (χ0n) is 15.9. The minimum atomic E-state index is -0.100. The zero-order valence-corrected chi connectivity index (χ0v) is 15.9. The molecule has 0 aliphatic carbocycles. The molecule has 1 N–H and O–H groups in total. The first-order chi connectivity index (χ1) is 13.3. The van der Waals surface area contributed by atoms with Gasteiger partial charge in [-0.05, 0) is 50.7 Å². The fraction of sp³-hybridized carbons (Fsp3) is 0.700. The summed E-state index contributed by atoms with van der Waals surface area (Å²) in [6.45, 7) is 4.95. The Morgan fingerprint density at radius 2 is 1.74 bits per heavy atom. The lowest BCUT2D eigenvalue weighted by Crippen LogP contribution is -2.44. The van der Waals surface area contributed by atoms with Crippen LogP contribution in [0.2, 0.25) is 0 Å².